The van der Waals surface area contributed by atoms with Gasteiger partial charge in [0.25, 0.3) is 17.8 Å². The van der Waals surface area contributed by atoms with Gasteiger partial charge in [0.1, 0.15) is 17.1 Å². The fourth-order valence-electron chi connectivity index (χ4n) is 4.54. The van der Waals surface area contributed by atoms with Crippen LogP contribution in [0.3, 0.4) is 0 Å². The molecular weight excluding hydrogens is 469 g/mol. The van der Waals surface area contributed by atoms with E-state index in [2.05, 4.69) is 10.3 Å². The first kappa shape index (κ1) is 23.0. The van der Waals surface area contributed by atoms with E-state index < -0.39 is 0 Å². The number of benzene rings is 2. The Balaban J connectivity index is 1.35. The zero-order valence-electron chi connectivity index (χ0n) is 19.1. The number of piperidine rings is 1. The largest absolute Gasteiger partial charge is 0.481 e. The highest BCUT2D eigenvalue weighted by Gasteiger charge is 2.31. The number of amides is 2. The first-order valence-corrected chi connectivity index (χ1v) is 12.3. The van der Waals surface area contributed by atoms with Crippen LogP contribution in [0.1, 0.15) is 45.1 Å². The molecule has 0 radical (unpaired) electrons. The van der Waals surface area contributed by atoms with Crippen molar-refractivity contribution >= 4 is 34.1 Å². The molecule has 0 bridgehead atoms. The van der Waals surface area contributed by atoms with Crippen LogP contribution in [0.2, 0.25) is 0 Å². The van der Waals surface area contributed by atoms with E-state index in [0.717, 1.165) is 29.8 Å². The average Bonchev–Trinajstić information content (AvgIpc) is 3.44. The number of aryl methyl sites for hydroxylation is 1. The van der Waals surface area contributed by atoms with Crippen LogP contribution in [0.4, 0.5) is 4.39 Å². The number of hydrogen-bond acceptors (Lipinski definition) is 6. The number of halogens is 1. The lowest BCUT2D eigenvalue weighted by Crippen LogP contribution is -2.49. The first-order valence-electron chi connectivity index (χ1n) is 11.4. The number of nitrogens with zero attached hydrogens (tertiary/aromatic N) is 2. The number of aromatic nitrogens is 1. The second-order valence-corrected chi connectivity index (χ2v) is 9.78. The van der Waals surface area contributed by atoms with E-state index in [1.54, 1.807) is 35.2 Å². The summed E-state index contributed by atoms with van der Waals surface area (Å²) in [6, 6.07) is 12.3. The predicted octanol–water partition coefficient (Wildman–Crippen LogP) is 5.13. The Morgan fingerprint density at radius 1 is 1.23 bits per heavy atom. The second kappa shape index (κ2) is 9.50. The number of aromatic hydroxyl groups is 1. The molecule has 2 aromatic heterocycles. The van der Waals surface area contributed by atoms with Crippen molar-refractivity contribution in [3.05, 3.63) is 70.6 Å². The maximum Gasteiger partial charge on any atom is 0.282 e. The molecular formula is C26H24FN3O4S. The van der Waals surface area contributed by atoms with E-state index >= 15 is 0 Å². The topological polar surface area (TPSA) is 95.7 Å². The quantitative estimate of drug-likeness (QED) is 0.402. The molecule has 0 spiro atoms. The maximum atomic E-state index is 13.6. The molecule has 180 valence electrons. The Bertz CT molecular complexity index is 1400. The maximum absolute atomic E-state index is 13.6. The highest BCUT2D eigenvalue weighted by Crippen LogP contribution is 2.32. The predicted molar refractivity (Wildman–Crippen MR) is 131 cm³/mol. The molecule has 1 saturated heterocycles. The van der Waals surface area contributed by atoms with Gasteiger partial charge in [0.2, 0.25) is 0 Å². The molecule has 7 nitrogen and oxygen atoms in total. The minimum absolute atomic E-state index is 0.180. The Labute approximate surface area is 205 Å². The first-order chi connectivity index (χ1) is 16.9. The van der Waals surface area contributed by atoms with Gasteiger partial charge in [-0.25, -0.2) is 9.37 Å². The number of thiazole rings is 1. The van der Waals surface area contributed by atoms with Crippen molar-refractivity contribution in [1.29, 1.82) is 0 Å². The molecule has 1 aliphatic rings. The van der Waals surface area contributed by atoms with E-state index in [-0.39, 0.29) is 29.6 Å². The van der Waals surface area contributed by atoms with Crippen LogP contribution in [-0.4, -0.2) is 45.9 Å². The van der Waals surface area contributed by atoms with E-state index in [1.807, 2.05) is 6.92 Å². The monoisotopic (exact) mass is 493 g/mol. The van der Waals surface area contributed by atoms with Gasteiger partial charge in [-0.15, -0.1) is 11.3 Å². The molecule has 1 fully saturated rings. The normalized spacial score (nSPS) is 15.9. The molecule has 0 aliphatic carbocycles. The van der Waals surface area contributed by atoms with Gasteiger partial charge >= 0.3 is 0 Å². The van der Waals surface area contributed by atoms with Gasteiger partial charge in [0.15, 0.2) is 0 Å². The molecule has 0 unspecified atom stereocenters. The second-order valence-electron chi connectivity index (χ2n) is 8.58. The summed E-state index contributed by atoms with van der Waals surface area (Å²) in [6.07, 6.45) is 2.59. The molecule has 2 amide bonds. The lowest BCUT2D eigenvalue weighted by molar-refractivity contribution is 0.0598. The molecule has 2 N–H and O–H groups in total. The van der Waals surface area contributed by atoms with Crippen molar-refractivity contribution in [1.82, 2.24) is 15.2 Å². The summed E-state index contributed by atoms with van der Waals surface area (Å²) in [5, 5.41) is 13.9. The number of carbonyl (C=O) groups is 2. The van der Waals surface area contributed by atoms with Gasteiger partial charge < -0.3 is 19.7 Å². The molecule has 1 aliphatic heterocycles. The number of likely N-dealkylation sites (tertiary alicyclic amines) is 1. The summed E-state index contributed by atoms with van der Waals surface area (Å²) in [5.41, 5.74) is 1.93. The lowest BCUT2D eigenvalue weighted by atomic mass is 10.0. The Morgan fingerprint density at radius 2 is 2.03 bits per heavy atom. The minimum atomic E-state index is -0.337. The van der Waals surface area contributed by atoms with Crippen molar-refractivity contribution < 1.29 is 23.5 Å². The number of rotatable bonds is 5. The van der Waals surface area contributed by atoms with Crippen molar-refractivity contribution in [2.45, 2.75) is 32.2 Å². The SMILES string of the molecule is Cc1nc(C(=O)N2CCCC[C@H]2CNC(=O)c2cccc3oc(O)cc23)c(-c2ccc(F)cc2)s1. The summed E-state index contributed by atoms with van der Waals surface area (Å²) >= 11 is 1.41. The molecule has 1 atom stereocenters. The highest BCUT2D eigenvalue weighted by molar-refractivity contribution is 7.15. The fourth-order valence-corrected chi connectivity index (χ4v) is 5.45. The number of furan rings is 1. The Morgan fingerprint density at radius 3 is 2.83 bits per heavy atom. The van der Waals surface area contributed by atoms with Crippen LogP contribution in [0.25, 0.3) is 21.4 Å². The third kappa shape index (κ3) is 4.64. The van der Waals surface area contributed by atoms with Crippen molar-refractivity contribution in [2.24, 2.45) is 0 Å². The number of fused-ring (bicyclic) bond motifs is 1. The van der Waals surface area contributed by atoms with Crippen molar-refractivity contribution in [2.75, 3.05) is 13.1 Å². The lowest BCUT2D eigenvalue weighted by Gasteiger charge is -2.35. The molecule has 35 heavy (non-hydrogen) atoms. The van der Waals surface area contributed by atoms with E-state index in [9.17, 15) is 19.1 Å². The van der Waals surface area contributed by atoms with E-state index in [1.165, 1.54) is 29.5 Å². The molecule has 0 saturated carbocycles. The third-order valence-corrected chi connectivity index (χ3v) is 7.24. The van der Waals surface area contributed by atoms with Crippen LogP contribution < -0.4 is 5.32 Å². The molecule has 4 aromatic rings. The average molecular weight is 494 g/mol. The molecule has 9 heteroatoms. The fraction of sp³-hybridized carbons (Fsp3) is 0.269. The number of hydrogen-bond donors (Lipinski definition) is 2. The zero-order chi connectivity index (χ0) is 24.5. The number of nitrogens with one attached hydrogen (secondary N) is 1. The van der Waals surface area contributed by atoms with Crippen LogP contribution in [0.15, 0.2) is 52.9 Å². The van der Waals surface area contributed by atoms with Crippen molar-refractivity contribution in [3.63, 3.8) is 0 Å². The van der Waals surface area contributed by atoms with Crippen LogP contribution in [-0.2, 0) is 0 Å². The van der Waals surface area contributed by atoms with E-state index in [4.69, 9.17) is 4.42 Å². The van der Waals surface area contributed by atoms with Crippen LogP contribution in [0.5, 0.6) is 5.95 Å². The molecule has 2 aromatic carbocycles. The third-order valence-electron chi connectivity index (χ3n) is 6.22. The van der Waals surface area contributed by atoms with Gasteiger partial charge in [-0.05, 0) is 56.0 Å². The Hall–Kier alpha value is -3.72. The summed E-state index contributed by atoms with van der Waals surface area (Å²) < 4.78 is 18.6. The summed E-state index contributed by atoms with van der Waals surface area (Å²) in [6.45, 7) is 2.71. The van der Waals surface area contributed by atoms with Gasteiger partial charge in [-0.1, -0.05) is 18.2 Å². The standard InChI is InChI=1S/C26H24FN3O4S/c1-15-29-23(24(35-15)16-8-10-17(27)11-9-16)26(33)30-12-3-2-5-18(30)14-28-25(32)19-6-4-7-21-20(19)13-22(31)34-21/h4,6-11,13,18,31H,2-3,5,12,14H2,1H3,(H,28,32)/t18-/m0/s1. The summed E-state index contributed by atoms with van der Waals surface area (Å²) in [7, 11) is 0. The van der Waals surface area contributed by atoms with Gasteiger partial charge in [-0.2, -0.15) is 0 Å². The molecule has 5 rings (SSSR count). The molecule has 3 heterocycles. The minimum Gasteiger partial charge on any atom is -0.481 e. The van der Waals surface area contributed by atoms with Crippen LogP contribution >= 0.6 is 11.3 Å². The summed E-state index contributed by atoms with van der Waals surface area (Å²) in [4.78, 5) is 33.6. The smallest absolute Gasteiger partial charge is 0.282 e. The summed E-state index contributed by atoms with van der Waals surface area (Å²) in [5.74, 6) is -1.07. The van der Waals surface area contributed by atoms with Crippen LogP contribution in [0, 0.1) is 12.7 Å². The van der Waals surface area contributed by atoms with Gasteiger partial charge in [-0.3, -0.25) is 9.59 Å². The van der Waals surface area contributed by atoms with Gasteiger partial charge in [0.05, 0.1) is 15.4 Å². The highest BCUT2D eigenvalue weighted by atomic mass is 32.1. The Kier molecular flexibility index (Phi) is 6.25. The van der Waals surface area contributed by atoms with Gasteiger partial charge in [0, 0.05) is 30.6 Å². The van der Waals surface area contributed by atoms with E-state index in [0.29, 0.717) is 40.2 Å². The van der Waals surface area contributed by atoms with Crippen molar-refractivity contribution in [3.8, 4) is 16.4 Å². The zero-order valence-corrected chi connectivity index (χ0v) is 19.9. The number of carbonyl (C=O) groups excluding carboxylic acids is 2.